The highest BCUT2D eigenvalue weighted by Gasteiger charge is 2.35. The third-order valence-electron chi connectivity index (χ3n) is 6.34. The average molecular weight is 422 g/mol. The molecule has 0 unspecified atom stereocenters. The van der Waals surface area contributed by atoms with Gasteiger partial charge in [0.05, 0.1) is 6.26 Å². The Balaban J connectivity index is 1.24. The van der Waals surface area contributed by atoms with E-state index < -0.39 is 0 Å². The number of nitrogens with one attached hydrogen (secondary N) is 2. The summed E-state index contributed by atoms with van der Waals surface area (Å²) in [5.41, 5.74) is 2.22. The first-order chi connectivity index (χ1) is 15.2. The Labute approximate surface area is 180 Å². The normalized spacial score (nSPS) is 20.4. The third-order valence-corrected chi connectivity index (χ3v) is 6.34. The molecule has 3 aromatic heterocycles. The number of nitrogens with zero attached hydrogens (tertiary/aromatic N) is 3. The van der Waals surface area contributed by atoms with E-state index in [0.717, 1.165) is 56.0 Å². The molecule has 2 bridgehead atoms. The summed E-state index contributed by atoms with van der Waals surface area (Å²) < 4.78 is 7.14. The smallest absolute Gasteiger partial charge is 0.263 e. The molecule has 162 valence electrons. The Kier molecular flexibility index (Phi) is 5.46. The number of carbonyl (C=O) groups is 1. The van der Waals surface area contributed by atoms with Crippen molar-refractivity contribution in [3.63, 3.8) is 0 Å². The molecule has 8 heteroatoms. The summed E-state index contributed by atoms with van der Waals surface area (Å²) in [7, 11) is 0. The number of hydrogen-bond acceptors (Lipinski definition) is 5. The topological polar surface area (TPSA) is 96.2 Å². The lowest BCUT2D eigenvalue weighted by Gasteiger charge is -2.42. The lowest BCUT2D eigenvalue weighted by Crippen LogP contribution is -2.47. The van der Waals surface area contributed by atoms with Crippen LogP contribution in [0.3, 0.4) is 0 Å². The standard InChI is InChI=1S/C23H27N5O3/c29-22(24-8-1-3-19-4-2-10-31-19)20-5-6-21-17-11-16(13-28(21)23(20)30)12-27(14-17)15-18-7-9-25-26-18/h2,4-7,9-10,16-17H,1,3,8,11-15H2,(H,24,29)(H,25,26)/t16-,17+/m0/s1. The lowest BCUT2D eigenvalue weighted by atomic mass is 9.83. The van der Waals surface area contributed by atoms with Crippen molar-refractivity contribution in [2.24, 2.45) is 5.92 Å². The zero-order valence-corrected chi connectivity index (χ0v) is 17.4. The first-order valence-corrected chi connectivity index (χ1v) is 10.9. The van der Waals surface area contributed by atoms with Crippen LogP contribution in [0.4, 0.5) is 0 Å². The number of H-pyrrole nitrogens is 1. The number of piperidine rings is 1. The van der Waals surface area contributed by atoms with Crippen molar-refractivity contribution >= 4 is 5.91 Å². The molecule has 3 aromatic rings. The van der Waals surface area contributed by atoms with Gasteiger partial charge in [0.2, 0.25) is 0 Å². The summed E-state index contributed by atoms with van der Waals surface area (Å²) in [4.78, 5) is 28.2. The summed E-state index contributed by atoms with van der Waals surface area (Å²) in [5.74, 6) is 1.33. The minimum Gasteiger partial charge on any atom is -0.469 e. The van der Waals surface area contributed by atoms with Crippen LogP contribution in [0.1, 0.15) is 46.3 Å². The van der Waals surface area contributed by atoms with Crippen LogP contribution in [0.5, 0.6) is 0 Å². The maximum atomic E-state index is 13.1. The Morgan fingerprint density at radius 1 is 1.23 bits per heavy atom. The molecule has 5 heterocycles. The van der Waals surface area contributed by atoms with Crippen LogP contribution in [0.2, 0.25) is 0 Å². The number of likely N-dealkylation sites (tertiary alicyclic amines) is 1. The second-order valence-electron chi connectivity index (χ2n) is 8.60. The van der Waals surface area contributed by atoms with Crippen molar-refractivity contribution < 1.29 is 9.21 Å². The molecule has 0 radical (unpaired) electrons. The number of furan rings is 1. The van der Waals surface area contributed by atoms with E-state index in [-0.39, 0.29) is 17.0 Å². The molecule has 0 spiro atoms. The van der Waals surface area contributed by atoms with Crippen LogP contribution >= 0.6 is 0 Å². The first-order valence-electron chi connectivity index (χ1n) is 10.9. The third kappa shape index (κ3) is 4.20. The predicted octanol–water partition coefficient (Wildman–Crippen LogP) is 2.15. The Morgan fingerprint density at radius 3 is 2.97 bits per heavy atom. The molecule has 0 aliphatic carbocycles. The molecule has 31 heavy (non-hydrogen) atoms. The fourth-order valence-electron chi connectivity index (χ4n) is 4.98. The molecular formula is C23H27N5O3. The van der Waals surface area contributed by atoms with Crippen LogP contribution in [0, 0.1) is 5.92 Å². The maximum absolute atomic E-state index is 13.1. The number of rotatable bonds is 7. The van der Waals surface area contributed by atoms with Gasteiger partial charge in [0.15, 0.2) is 0 Å². The Bertz CT molecular complexity index is 1090. The molecule has 2 aliphatic heterocycles. The molecule has 1 fully saturated rings. The van der Waals surface area contributed by atoms with Crippen molar-refractivity contribution in [3.8, 4) is 0 Å². The zero-order chi connectivity index (χ0) is 21.2. The zero-order valence-electron chi connectivity index (χ0n) is 17.4. The van der Waals surface area contributed by atoms with E-state index in [1.807, 2.05) is 28.8 Å². The monoisotopic (exact) mass is 421 g/mol. The number of aryl methyl sites for hydroxylation is 1. The fourth-order valence-corrected chi connectivity index (χ4v) is 4.98. The molecule has 2 aliphatic rings. The van der Waals surface area contributed by atoms with Crippen molar-refractivity contribution in [1.29, 1.82) is 0 Å². The summed E-state index contributed by atoms with van der Waals surface area (Å²) in [6.45, 7) is 3.88. The molecule has 1 saturated heterocycles. The molecule has 0 aromatic carbocycles. The quantitative estimate of drug-likeness (QED) is 0.570. The van der Waals surface area contributed by atoms with Crippen LogP contribution in [-0.4, -0.2) is 45.2 Å². The van der Waals surface area contributed by atoms with Crippen LogP contribution in [0.25, 0.3) is 0 Å². The van der Waals surface area contributed by atoms with Crippen LogP contribution in [-0.2, 0) is 19.5 Å². The van der Waals surface area contributed by atoms with E-state index in [9.17, 15) is 9.59 Å². The molecule has 0 saturated carbocycles. The van der Waals surface area contributed by atoms with E-state index in [0.29, 0.717) is 24.9 Å². The van der Waals surface area contributed by atoms with Gasteiger partial charge in [-0.3, -0.25) is 19.6 Å². The highest BCUT2D eigenvalue weighted by Crippen LogP contribution is 2.35. The number of amides is 1. The van der Waals surface area contributed by atoms with Crippen LogP contribution in [0.15, 0.2) is 52.0 Å². The van der Waals surface area contributed by atoms with E-state index in [1.54, 1.807) is 18.5 Å². The SMILES string of the molecule is O=C(NCCCc1ccco1)c1ccc2n(c1=O)C[C@H]1C[C@@H]2CN(Cc2ccn[nH]2)C1. The number of pyridine rings is 1. The van der Waals surface area contributed by atoms with E-state index in [2.05, 4.69) is 20.4 Å². The van der Waals surface area contributed by atoms with E-state index in [4.69, 9.17) is 4.42 Å². The largest absolute Gasteiger partial charge is 0.469 e. The number of carbonyl (C=O) groups excluding carboxylic acids is 1. The molecule has 2 atom stereocenters. The van der Waals surface area contributed by atoms with E-state index >= 15 is 0 Å². The summed E-state index contributed by atoms with van der Waals surface area (Å²) in [6.07, 6.45) is 6.04. The molecule has 1 amide bonds. The van der Waals surface area contributed by atoms with Gasteiger partial charge in [-0.05, 0) is 49.1 Å². The second-order valence-corrected chi connectivity index (χ2v) is 8.60. The Hall–Kier alpha value is -3.13. The van der Waals surface area contributed by atoms with Crippen LogP contribution < -0.4 is 10.9 Å². The summed E-state index contributed by atoms with van der Waals surface area (Å²) in [6, 6.07) is 9.45. The Morgan fingerprint density at radius 2 is 2.16 bits per heavy atom. The van der Waals surface area contributed by atoms with Gasteiger partial charge in [-0.15, -0.1) is 0 Å². The predicted molar refractivity (Wildman–Crippen MR) is 115 cm³/mol. The average Bonchev–Trinajstić information content (AvgIpc) is 3.46. The van der Waals surface area contributed by atoms with Crippen molar-refractivity contribution in [3.05, 3.63) is 75.9 Å². The maximum Gasteiger partial charge on any atom is 0.263 e. The molecule has 2 N–H and O–H groups in total. The van der Waals surface area contributed by atoms with Gasteiger partial charge < -0.3 is 14.3 Å². The van der Waals surface area contributed by atoms with Gasteiger partial charge in [0.25, 0.3) is 11.5 Å². The summed E-state index contributed by atoms with van der Waals surface area (Å²) in [5, 5.41) is 9.94. The minimum atomic E-state index is -0.295. The number of aromatic amines is 1. The van der Waals surface area contributed by atoms with Gasteiger partial charge in [-0.25, -0.2) is 0 Å². The molecule has 8 nitrogen and oxygen atoms in total. The summed E-state index contributed by atoms with van der Waals surface area (Å²) >= 11 is 0. The molecule has 5 rings (SSSR count). The molecular weight excluding hydrogens is 394 g/mol. The van der Waals surface area contributed by atoms with Gasteiger partial charge in [-0.2, -0.15) is 5.10 Å². The fraction of sp³-hybridized carbons (Fsp3) is 0.435. The highest BCUT2D eigenvalue weighted by atomic mass is 16.3. The van der Waals surface area contributed by atoms with Gasteiger partial charge in [0, 0.05) is 62.6 Å². The lowest BCUT2D eigenvalue weighted by molar-refractivity contribution is 0.0945. The van der Waals surface area contributed by atoms with Crippen molar-refractivity contribution in [1.82, 2.24) is 25.0 Å². The van der Waals surface area contributed by atoms with Gasteiger partial charge in [0.1, 0.15) is 11.3 Å². The number of fused-ring (bicyclic) bond motifs is 4. The number of aromatic nitrogens is 3. The number of hydrogen-bond donors (Lipinski definition) is 2. The van der Waals surface area contributed by atoms with E-state index in [1.165, 1.54) is 0 Å². The van der Waals surface area contributed by atoms with Gasteiger partial charge >= 0.3 is 0 Å². The second kappa shape index (κ2) is 8.55. The van der Waals surface area contributed by atoms with Crippen molar-refractivity contribution in [2.75, 3.05) is 19.6 Å². The van der Waals surface area contributed by atoms with Crippen molar-refractivity contribution in [2.45, 2.75) is 38.3 Å². The minimum absolute atomic E-state index is 0.169. The first kappa shape index (κ1) is 19.8. The highest BCUT2D eigenvalue weighted by molar-refractivity contribution is 5.93. The van der Waals surface area contributed by atoms with Gasteiger partial charge in [-0.1, -0.05) is 0 Å².